The van der Waals surface area contributed by atoms with Gasteiger partial charge in [0.15, 0.2) is 0 Å². The van der Waals surface area contributed by atoms with E-state index in [1.165, 1.54) is 12.8 Å². The van der Waals surface area contributed by atoms with Gasteiger partial charge < -0.3 is 10.1 Å². The first-order valence-corrected chi connectivity index (χ1v) is 6.53. The van der Waals surface area contributed by atoms with Crippen LogP contribution in [0.5, 0.6) is 0 Å². The topological polar surface area (TPSA) is 21.3 Å². The molecule has 0 aromatic carbocycles. The summed E-state index contributed by atoms with van der Waals surface area (Å²) in [7, 11) is 0. The van der Waals surface area contributed by atoms with Crippen LogP contribution in [0.1, 0.15) is 19.8 Å². The summed E-state index contributed by atoms with van der Waals surface area (Å²) < 4.78 is 5.70. The van der Waals surface area contributed by atoms with Crippen molar-refractivity contribution in [3.63, 3.8) is 0 Å². The van der Waals surface area contributed by atoms with Crippen molar-refractivity contribution in [3.8, 4) is 0 Å². The van der Waals surface area contributed by atoms with Crippen molar-refractivity contribution in [3.05, 3.63) is 12.7 Å². The van der Waals surface area contributed by atoms with E-state index in [1.807, 2.05) is 17.8 Å². The highest BCUT2D eigenvalue weighted by molar-refractivity contribution is 7.99. The number of thioether (sulfide) groups is 1. The third-order valence-corrected chi connectivity index (χ3v) is 3.32. The van der Waals surface area contributed by atoms with Gasteiger partial charge in [-0.2, -0.15) is 11.8 Å². The van der Waals surface area contributed by atoms with Crippen LogP contribution in [0.15, 0.2) is 12.7 Å². The lowest BCUT2D eigenvalue weighted by Gasteiger charge is -2.11. The van der Waals surface area contributed by atoms with Crippen molar-refractivity contribution in [2.75, 3.05) is 24.6 Å². The lowest BCUT2D eigenvalue weighted by Crippen LogP contribution is -2.28. The second-order valence-corrected chi connectivity index (χ2v) is 4.86. The zero-order valence-electron chi connectivity index (χ0n) is 9.00. The minimum absolute atomic E-state index is 0.453. The molecule has 0 aromatic heterocycles. The molecule has 1 aliphatic rings. The van der Waals surface area contributed by atoms with Crippen LogP contribution in [0, 0.1) is 0 Å². The Hall–Kier alpha value is 0.01000. The van der Waals surface area contributed by atoms with Crippen molar-refractivity contribution in [2.45, 2.75) is 32.0 Å². The van der Waals surface area contributed by atoms with Crippen LogP contribution >= 0.6 is 11.8 Å². The molecule has 0 aromatic rings. The van der Waals surface area contributed by atoms with Gasteiger partial charge in [-0.25, -0.2) is 0 Å². The fourth-order valence-corrected chi connectivity index (χ4v) is 2.23. The van der Waals surface area contributed by atoms with E-state index in [1.54, 1.807) is 0 Å². The third kappa shape index (κ3) is 5.03. The van der Waals surface area contributed by atoms with Gasteiger partial charge in [-0.3, -0.25) is 0 Å². The first kappa shape index (κ1) is 12.1. The van der Waals surface area contributed by atoms with Crippen LogP contribution in [0.4, 0.5) is 0 Å². The van der Waals surface area contributed by atoms with E-state index in [0.717, 1.165) is 24.6 Å². The summed E-state index contributed by atoms with van der Waals surface area (Å²) in [5.41, 5.74) is 0. The van der Waals surface area contributed by atoms with Gasteiger partial charge in [-0.15, -0.1) is 6.58 Å². The Morgan fingerprint density at radius 3 is 3.07 bits per heavy atom. The Bertz CT molecular complexity index is 163. The summed E-state index contributed by atoms with van der Waals surface area (Å²) in [6.07, 6.45) is 5.31. The normalized spacial score (nSPS) is 26.6. The summed E-state index contributed by atoms with van der Waals surface area (Å²) in [6, 6.07) is 0. The van der Waals surface area contributed by atoms with E-state index < -0.39 is 0 Å². The molecule has 1 saturated heterocycles. The molecule has 1 N–H and O–H groups in total. The molecule has 1 fully saturated rings. The lowest BCUT2D eigenvalue weighted by atomic mass is 10.2. The minimum atomic E-state index is 0.453. The number of hydrogen-bond donors (Lipinski definition) is 1. The van der Waals surface area contributed by atoms with E-state index >= 15 is 0 Å². The highest BCUT2D eigenvalue weighted by Crippen LogP contribution is 2.17. The zero-order valence-corrected chi connectivity index (χ0v) is 9.81. The summed E-state index contributed by atoms with van der Waals surface area (Å²) >= 11 is 1.91. The maximum absolute atomic E-state index is 5.70. The van der Waals surface area contributed by atoms with Gasteiger partial charge in [0.25, 0.3) is 0 Å². The summed E-state index contributed by atoms with van der Waals surface area (Å²) in [5, 5.41) is 3.43. The number of ether oxygens (including phenoxy) is 1. The van der Waals surface area contributed by atoms with Crippen LogP contribution < -0.4 is 5.32 Å². The van der Waals surface area contributed by atoms with Gasteiger partial charge in [0.1, 0.15) is 0 Å². The van der Waals surface area contributed by atoms with Crippen molar-refractivity contribution < 1.29 is 4.74 Å². The molecule has 82 valence electrons. The summed E-state index contributed by atoms with van der Waals surface area (Å²) in [6.45, 7) is 7.93. The SMILES string of the molecule is C=CCSCCNCC1CCC(C)O1. The van der Waals surface area contributed by atoms with Crippen LogP contribution in [-0.2, 0) is 4.74 Å². The van der Waals surface area contributed by atoms with Gasteiger partial charge >= 0.3 is 0 Å². The predicted octanol–water partition coefficient (Wildman–Crippen LogP) is 2.06. The molecule has 0 saturated carbocycles. The quantitative estimate of drug-likeness (QED) is 0.519. The Morgan fingerprint density at radius 1 is 1.57 bits per heavy atom. The average Bonchev–Trinajstić information content (AvgIpc) is 2.58. The van der Waals surface area contributed by atoms with Gasteiger partial charge in [-0.05, 0) is 19.8 Å². The van der Waals surface area contributed by atoms with Crippen molar-refractivity contribution in [1.29, 1.82) is 0 Å². The molecule has 0 spiro atoms. The predicted molar refractivity (Wildman–Crippen MR) is 64.0 cm³/mol. The first-order chi connectivity index (χ1) is 6.83. The second kappa shape index (κ2) is 7.32. The molecular formula is C11H21NOS. The molecule has 0 aliphatic carbocycles. The van der Waals surface area contributed by atoms with Gasteiger partial charge in [0, 0.05) is 24.6 Å². The Kier molecular flexibility index (Phi) is 6.32. The zero-order chi connectivity index (χ0) is 10.2. The van der Waals surface area contributed by atoms with E-state index in [9.17, 15) is 0 Å². The fraction of sp³-hybridized carbons (Fsp3) is 0.818. The van der Waals surface area contributed by atoms with Crippen LogP contribution in [0.2, 0.25) is 0 Å². The average molecular weight is 215 g/mol. The van der Waals surface area contributed by atoms with Gasteiger partial charge in [0.05, 0.1) is 12.2 Å². The second-order valence-electron chi connectivity index (χ2n) is 3.71. The standard InChI is InChI=1S/C11H21NOS/c1-3-7-14-8-6-12-9-11-5-4-10(2)13-11/h3,10-12H,1,4-9H2,2H3. The van der Waals surface area contributed by atoms with Gasteiger partial charge in [0.2, 0.25) is 0 Å². The van der Waals surface area contributed by atoms with Gasteiger partial charge in [-0.1, -0.05) is 6.08 Å². The maximum atomic E-state index is 5.70. The largest absolute Gasteiger partial charge is 0.374 e. The molecule has 14 heavy (non-hydrogen) atoms. The number of hydrogen-bond acceptors (Lipinski definition) is 3. The summed E-state index contributed by atoms with van der Waals surface area (Å²) in [5.74, 6) is 2.22. The molecule has 0 radical (unpaired) electrons. The highest BCUT2D eigenvalue weighted by atomic mass is 32.2. The maximum Gasteiger partial charge on any atom is 0.0704 e. The van der Waals surface area contributed by atoms with Crippen LogP contribution in [-0.4, -0.2) is 36.8 Å². The van der Waals surface area contributed by atoms with Crippen LogP contribution in [0.3, 0.4) is 0 Å². The van der Waals surface area contributed by atoms with E-state index in [-0.39, 0.29) is 0 Å². The smallest absolute Gasteiger partial charge is 0.0704 e. The Morgan fingerprint density at radius 2 is 2.43 bits per heavy atom. The third-order valence-electron chi connectivity index (χ3n) is 2.35. The molecule has 1 heterocycles. The highest BCUT2D eigenvalue weighted by Gasteiger charge is 2.20. The molecule has 0 amide bonds. The molecular weight excluding hydrogens is 194 g/mol. The molecule has 2 nitrogen and oxygen atoms in total. The molecule has 1 aliphatic heterocycles. The molecule has 0 bridgehead atoms. The molecule has 2 unspecified atom stereocenters. The number of rotatable bonds is 7. The molecule has 1 rings (SSSR count). The van der Waals surface area contributed by atoms with Crippen molar-refractivity contribution in [1.82, 2.24) is 5.32 Å². The molecule has 2 atom stereocenters. The molecule has 3 heteroatoms. The minimum Gasteiger partial charge on any atom is -0.374 e. The van der Waals surface area contributed by atoms with Crippen LogP contribution in [0.25, 0.3) is 0 Å². The first-order valence-electron chi connectivity index (χ1n) is 5.37. The summed E-state index contributed by atoms with van der Waals surface area (Å²) in [4.78, 5) is 0. The van der Waals surface area contributed by atoms with E-state index in [4.69, 9.17) is 4.74 Å². The van der Waals surface area contributed by atoms with Crippen molar-refractivity contribution in [2.24, 2.45) is 0 Å². The number of nitrogens with one attached hydrogen (secondary N) is 1. The van der Waals surface area contributed by atoms with Crippen molar-refractivity contribution >= 4 is 11.8 Å². The Balaban J connectivity index is 1.86. The van der Waals surface area contributed by atoms with E-state index in [2.05, 4.69) is 18.8 Å². The fourth-order valence-electron chi connectivity index (χ4n) is 1.61. The Labute approximate surface area is 91.5 Å². The lowest BCUT2D eigenvalue weighted by molar-refractivity contribution is 0.0564. The monoisotopic (exact) mass is 215 g/mol. The van der Waals surface area contributed by atoms with E-state index in [0.29, 0.717) is 12.2 Å².